The van der Waals surface area contributed by atoms with Crippen molar-refractivity contribution < 1.29 is 27.2 Å². The van der Waals surface area contributed by atoms with Crippen LogP contribution in [0.15, 0.2) is 43.5 Å². The predicted molar refractivity (Wildman–Crippen MR) is 108 cm³/mol. The van der Waals surface area contributed by atoms with E-state index in [4.69, 9.17) is 19.1 Å². The van der Waals surface area contributed by atoms with Gasteiger partial charge in [0.25, 0.3) is 0 Å². The summed E-state index contributed by atoms with van der Waals surface area (Å²) in [7, 11) is -4.08. The first-order valence-electron chi connectivity index (χ1n) is 7.98. The molecule has 0 bridgehead atoms. The molecule has 0 saturated heterocycles. The van der Waals surface area contributed by atoms with Crippen LogP contribution in [0.5, 0.6) is 11.5 Å². The number of hydrogen-bond donors (Lipinski definition) is 2. The molecule has 4 rings (SSSR count). The van der Waals surface area contributed by atoms with Crippen LogP contribution in [0.1, 0.15) is 5.69 Å². The van der Waals surface area contributed by atoms with Gasteiger partial charge in [-0.15, -0.1) is 11.3 Å². The number of aromatic nitrogens is 1. The summed E-state index contributed by atoms with van der Waals surface area (Å²) >= 11 is 4.32. The lowest BCUT2D eigenvalue weighted by atomic mass is 10.2. The number of ether oxygens (including phenoxy) is 2. The number of rotatable bonds is 4. The number of primary sulfonamides is 1. The quantitative estimate of drug-likeness (QED) is 0.558. The summed E-state index contributed by atoms with van der Waals surface area (Å²) < 4.78 is 40.3. The minimum absolute atomic E-state index is 0.0523. The highest BCUT2D eigenvalue weighted by molar-refractivity contribution is 9.10. The van der Waals surface area contributed by atoms with Gasteiger partial charge in [0.1, 0.15) is 14.4 Å². The number of sulfonamides is 1. The van der Waals surface area contributed by atoms with Crippen LogP contribution in [0.4, 0.5) is 21.4 Å². The number of benzene rings is 1. The number of halogens is 1. The number of nitrogens with zero attached hydrogens (tertiary/aromatic N) is 2. The van der Waals surface area contributed by atoms with E-state index in [9.17, 15) is 13.2 Å². The Kier molecular flexibility index (Phi) is 4.98. The predicted octanol–water partition coefficient (Wildman–Crippen LogP) is 3.55. The lowest BCUT2D eigenvalue weighted by Crippen LogP contribution is -2.31. The minimum Gasteiger partial charge on any atom is -0.454 e. The second-order valence-electron chi connectivity index (χ2n) is 5.85. The average Bonchev–Trinajstić information content (AvgIpc) is 3.38. The van der Waals surface area contributed by atoms with Gasteiger partial charge in [0.15, 0.2) is 11.5 Å². The van der Waals surface area contributed by atoms with Gasteiger partial charge in [-0.1, -0.05) is 5.16 Å². The fourth-order valence-electron chi connectivity index (χ4n) is 2.61. The molecular formula is C16H13BrN4O6S2. The molecule has 0 unspecified atom stereocenters. The van der Waals surface area contributed by atoms with Crippen molar-refractivity contribution >= 4 is 59.9 Å². The Balaban J connectivity index is 1.80. The zero-order valence-electron chi connectivity index (χ0n) is 14.7. The molecule has 152 valence electrons. The van der Waals surface area contributed by atoms with E-state index in [0.29, 0.717) is 27.4 Å². The first-order chi connectivity index (χ1) is 13.8. The number of thiophene rings is 1. The van der Waals surface area contributed by atoms with E-state index in [0.717, 1.165) is 16.2 Å². The van der Waals surface area contributed by atoms with Crippen LogP contribution >= 0.6 is 27.3 Å². The maximum absolute atomic E-state index is 13.2. The van der Waals surface area contributed by atoms with Gasteiger partial charge in [-0.25, -0.2) is 18.4 Å². The van der Waals surface area contributed by atoms with Crippen LogP contribution in [0.25, 0.3) is 0 Å². The Morgan fingerprint density at radius 1 is 1.31 bits per heavy atom. The molecule has 0 fully saturated rings. The highest BCUT2D eigenvalue weighted by atomic mass is 79.9. The molecule has 29 heavy (non-hydrogen) atoms. The average molecular weight is 501 g/mol. The van der Waals surface area contributed by atoms with Crippen molar-refractivity contribution in [2.75, 3.05) is 17.0 Å². The largest absolute Gasteiger partial charge is 0.454 e. The topological polar surface area (TPSA) is 137 Å². The molecule has 2 amide bonds. The number of aryl methyl sites for hydroxylation is 1. The van der Waals surface area contributed by atoms with E-state index in [1.54, 1.807) is 25.1 Å². The van der Waals surface area contributed by atoms with Crippen molar-refractivity contribution in [2.24, 2.45) is 5.14 Å². The van der Waals surface area contributed by atoms with Crippen LogP contribution in [0, 0.1) is 6.92 Å². The van der Waals surface area contributed by atoms with Crippen molar-refractivity contribution in [3.63, 3.8) is 0 Å². The lowest BCUT2D eigenvalue weighted by Gasteiger charge is -2.22. The maximum atomic E-state index is 13.2. The molecule has 0 aliphatic carbocycles. The van der Waals surface area contributed by atoms with Gasteiger partial charge in [0.2, 0.25) is 22.7 Å². The Hall–Kier alpha value is -2.61. The number of hydrogen-bond acceptors (Lipinski definition) is 8. The Labute approximate surface area is 177 Å². The van der Waals surface area contributed by atoms with Crippen LogP contribution < -0.4 is 24.8 Å². The van der Waals surface area contributed by atoms with E-state index in [2.05, 4.69) is 26.4 Å². The molecule has 13 heteroatoms. The molecule has 1 aliphatic heterocycles. The number of fused-ring (bicyclic) bond motifs is 1. The summed E-state index contributed by atoms with van der Waals surface area (Å²) in [6.07, 6.45) is 0. The fourth-order valence-corrected chi connectivity index (χ4v) is 4.84. The van der Waals surface area contributed by atoms with Crippen molar-refractivity contribution in [3.05, 3.63) is 39.8 Å². The summed E-state index contributed by atoms with van der Waals surface area (Å²) in [5.41, 5.74) is 0.878. The summed E-state index contributed by atoms with van der Waals surface area (Å²) in [6, 6.07) is 5.43. The van der Waals surface area contributed by atoms with Gasteiger partial charge in [-0.2, -0.15) is 0 Å². The van der Waals surface area contributed by atoms with Crippen molar-refractivity contribution in [3.8, 4) is 11.5 Å². The standard InChI is InChI=1S/C16H13BrN4O6S2/c1-8-13(17)14(27-20-8)19-16(22)21(15-12(4-5-28-15)29(18,23)24)9-2-3-10-11(6-9)26-7-25-10/h2-6H,7H2,1H3,(H,19,22)(H2,18,23,24). The first-order valence-corrected chi connectivity index (χ1v) is 11.2. The second-order valence-corrected chi connectivity index (χ2v) is 9.07. The minimum atomic E-state index is -4.08. The first kappa shape index (κ1) is 19.7. The summed E-state index contributed by atoms with van der Waals surface area (Å²) in [4.78, 5) is 14.1. The normalized spacial score (nSPS) is 12.8. The molecule has 3 aromatic rings. The third-order valence-electron chi connectivity index (χ3n) is 3.95. The number of nitrogens with one attached hydrogen (secondary N) is 1. The van der Waals surface area contributed by atoms with E-state index >= 15 is 0 Å². The van der Waals surface area contributed by atoms with E-state index in [-0.39, 0.29) is 22.6 Å². The number of amides is 2. The molecule has 0 radical (unpaired) electrons. The van der Waals surface area contributed by atoms with E-state index in [1.807, 2.05) is 0 Å². The third-order valence-corrected chi connectivity index (χ3v) is 6.85. The fraction of sp³-hybridized carbons (Fsp3) is 0.125. The zero-order valence-corrected chi connectivity index (χ0v) is 17.9. The van der Waals surface area contributed by atoms with E-state index < -0.39 is 16.1 Å². The Morgan fingerprint density at radius 3 is 2.76 bits per heavy atom. The van der Waals surface area contributed by atoms with Crippen LogP contribution in [-0.4, -0.2) is 26.4 Å². The second kappa shape index (κ2) is 7.33. The SMILES string of the molecule is Cc1noc(NC(=O)N(c2ccc3c(c2)OCO3)c2sccc2S(N)(=O)=O)c1Br. The number of anilines is 3. The van der Waals surface area contributed by atoms with Crippen LogP contribution in [-0.2, 0) is 10.0 Å². The zero-order chi connectivity index (χ0) is 20.8. The van der Waals surface area contributed by atoms with Gasteiger partial charge in [-0.05, 0) is 46.4 Å². The smallest absolute Gasteiger partial charge is 0.334 e. The lowest BCUT2D eigenvalue weighted by molar-refractivity contribution is 0.174. The summed E-state index contributed by atoms with van der Waals surface area (Å²) in [5.74, 6) is 1.01. The van der Waals surface area contributed by atoms with Gasteiger partial charge in [0, 0.05) is 6.07 Å². The Bertz CT molecular complexity index is 1210. The molecule has 3 N–H and O–H groups in total. The number of carbonyl (C=O) groups excluding carboxylic acids is 1. The molecule has 1 aromatic carbocycles. The number of carbonyl (C=O) groups is 1. The molecule has 0 spiro atoms. The number of nitrogens with two attached hydrogens (primary N) is 1. The molecule has 3 heterocycles. The molecule has 0 saturated carbocycles. The Morgan fingerprint density at radius 2 is 2.07 bits per heavy atom. The molecule has 2 aromatic heterocycles. The van der Waals surface area contributed by atoms with Gasteiger partial charge >= 0.3 is 6.03 Å². The molecule has 0 atom stereocenters. The van der Waals surface area contributed by atoms with E-state index in [1.165, 1.54) is 11.4 Å². The highest BCUT2D eigenvalue weighted by Crippen LogP contribution is 2.41. The van der Waals surface area contributed by atoms with Gasteiger partial charge in [-0.3, -0.25) is 10.2 Å². The van der Waals surface area contributed by atoms with Gasteiger partial charge in [0.05, 0.1) is 11.4 Å². The van der Waals surface area contributed by atoms with Crippen molar-refractivity contribution in [1.82, 2.24) is 5.16 Å². The van der Waals surface area contributed by atoms with Crippen LogP contribution in [0.3, 0.4) is 0 Å². The maximum Gasteiger partial charge on any atom is 0.334 e. The van der Waals surface area contributed by atoms with Crippen molar-refractivity contribution in [2.45, 2.75) is 11.8 Å². The van der Waals surface area contributed by atoms with Crippen LogP contribution in [0.2, 0.25) is 0 Å². The third kappa shape index (κ3) is 3.69. The monoisotopic (exact) mass is 500 g/mol. The number of urea groups is 1. The molecular weight excluding hydrogens is 488 g/mol. The molecule has 10 nitrogen and oxygen atoms in total. The highest BCUT2D eigenvalue weighted by Gasteiger charge is 2.29. The van der Waals surface area contributed by atoms with Crippen molar-refractivity contribution in [1.29, 1.82) is 0 Å². The van der Waals surface area contributed by atoms with Gasteiger partial charge < -0.3 is 14.0 Å². The summed E-state index contributed by atoms with van der Waals surface area (Å²) in [6.45, 7) is 1.74. The summed E-state index contributed by atoms with van der Waals surface area (Å²) in [5, 5.41) is 13.3. The molecule has 1 aliphatic rings.